The van der Waals surface area contributed by atoms with Gasteiger partial charge in [-0.05, 0) is 37.6 Å². The predicted octanol–water partition coefficient (Wildman–Crippen LogP) is 4.25. The normalized spacial score (nSPS) is 14.2. The topological polar surface area (TPSA) is 99.6 Å². The maximum Gasteiger partial charge on any atom is 0.338 e. The summed E-state index contributed by atoms with van der Waals surface area (Å²) in [5.74, 6) is 1.04. The van der Waals surface area contributed by atoms with Crippen LogP contribution in [0.4, 0.5) is 0 Å². The zero-order valence-electron chi connectivity index (χ0n) is 21.3. The molecule has 9 heteroatoms. The Morgan fingerprint density at radius 3 is 2.28 bits per heavy atom. The van der Waals surface area contributed by atoms with Crippen LogP contribution >= 0.6 is 0 Å². The van der Waals surface area contributed by atoms with Crippen LogP contribution < -0.4 is 18.9 Å². The molecule has 0 spiro atoms. The summed E-state index contributed by atoms with van der Waals surface area (Å²) in [6.07, 6.45) is -0.0940. The van der Waals surface area contributed by atoms with Gasteiger partial charge in [-0.15, -0.1) is 0 Å². The van der Waals surface area contributed by atoms with Crippen LogP contribution in [0.3, 0.4) is 0 Å². The number of morpholine rings is 1. The maximum absolute atomic E-state index is 12.8. The Labute approximate surface area is 210 Å². The molecule has 0 bridgehead atoms. The van der Waals surface area contributed by atoms with Crippen LogP contribution in [0.25, 0.3) is 22.0 Å². The molecule has 0 radical (unpaired) electrons. The van der Waals surface area contributed by atoms with Gasteiger partial charge in [0.15, 0.2) is 23.0 Å². The number of hydrogen-bond acceptors (Lipinski definition) is 8. The summed E-state index contributed by atoms with van der Waals surface area (Å²) in [4.78, 5) is 19.7. The van der Waals surface area contributed by atoms with Crippen molar-refractivity contribution < 1.29 is 33.6 Å². The molecule has 0 unspecified atom stereocenters. The van der Waals surface area contributed by atoms with Gasteiger partial charge in [0.1, 0.15) is 0 Å². The van der Waals surface area contributed by atoms with E-state index in [1.807, 2.05) is 26.0 Å². The van der Waals surface area contributed by atoms with Gasteiger partial charge >= 0.3 is 5.97 Å². The highest BCUT2D eigenvalue weighted by Crippen LogP contribution is 2.42. The molecule has 1 aromatic heterocycles. The smallest absolute Gasteiger partial charge is 0.338 e. The van der Waals surface area contributed by atoms with Crippen LogP contribution in [0.1, 0.15) is 29.9 Å². The van der Waals surface area contributed by atoms with Gasteiger partial charge in [-0.25, -0.2) is 4.79 Å². The number of aromatic carboxylic acids is 1. The van der Waals surface area contributed by atoms with Crippen LogP contribution in [-0.4, -0.2) is 74.7 Å². The third-order valence-electron chi connectivity index (χ3n) is 6.07. The highest BCUT2D eigenvalue weighted by Gasteiger charge is 2.26. The highest BCUT2D eigenvalue weighted by molar-refractivity contribution is 6.08. The van der Waals surface area contributed by atoms with Gasteiger partial charge in [-0.2, -0.15) is 0 Å². The number of methoxy groups -OCH3 is 3. The molecule has 2 aromatic carbocycles. The van der Waals surface area contributed by atoms with Crippen molar-refractivity contribution in [3.05, 3.63) is 41.6 Å². The van der Waals surface area contributed by atoms with E-state index in [0.717, 1.165) is 0 Å². The van der Waals surface area contributed by atoms with E-state index >= 15 is 0 Å². The molecule has 2 heterocycles. The number of carbonyl (C=O) groups is 1. The fourth-order valence-electron chi connectivity index (χ4n) is 4.44. The molecule has 4 rings (SSSR count). The summed E-state index contributed by atoms with van der Waals surface area (Å²) in [5.41, 5.74) is 2.43. The second-order valence-corrected chi connectivity index (χ2v) is 8.76. The number of aromatic nitrogens is 1. The van der Waals surface area contributed by atoms with Crippen molar-refractivity contribution in [2.75, 3.05) is 47.6 Å². The minimum Gasteiger partial charge on any atom is -0.493 e. The predicted molar refractivity (Wildman–Crippen MR) is 136 cm³/mol. The molecular formula is C27H32N2O7. The zero-order valence-corrected chi connectivity index (χ0v) is 21.3. The van der Waals surface area contributed by atoms with Gasteiger partial charge in [0.2, 0.25) is 0 Å². The van der Waals surface area contributed by atoms with Gasteiger partial charge in [-0.1, -0.05) is 6.07 Å². The maximum atomic E-state index is 12.8. The summed E-state index contributed by atoms with van der Waals surface area (Å²) < 4.78 is 28.0. The number of pyridine rings is 1. The molecule has 1 fully saturated rings. The van der Waals surface area contributed by atoms with E-state index in [4.69, 9.17) is 28.7 Å². The van der Waals surface area contributed by atoms with Crippen molar-refractivity contribution in [1.82, 2.24) is 9.88 Å². The second-order valence-electron chi connectivity index (χ2n) is 8.76. The van der Waals surface area contributed by atoms with E-state index in [0.29, 0.717) is 83.6 Å². The van der Waals surface area contributed by atoms with E-state index in [-0.39, 0.29) is 11.7 Å². The number of carboxylic acids is 1. The molecule has 1 saturated heterocycles. The zero-order chi connectivity index (χ0) is 25.8. The van der Waals surface area contributed by atoms with Crippen LogP contribution in [0.5, 0.6) is 23.0 Å². The largest absolute Gasteiger partial charge is 0.493 e. The Morgan fingerprint density at radius 1 is 1.00 bits per heavy atom. The Balaban J connectivity index is 2.02. The van der Waals surface area contributed by atoms with Crippen LogP contribution in [0.2, 0.25) is 0 Å². The SMILES string of the molecule is COc1cc2nc(CN3CCOCC3)c(C(=O)O)c(-c3ccc(OC)c(OC(C)C)c3)c2cc1OC. The molecule has 1 N–H and O–H groups in total. The van der Waals surface area contributed by atoms with Crippen LogP contribution in [0, 0.1) is 0 Å². The highest BCUT2D eigenvalue weighted by atomic mass is 16.5. The first-order valence-corrected chi connectivity index (χ1v) is 11.8. The molecule has 192 valence electrons. The summed E-state index contributed by atoms with van der Waals surface area (Å²) in [7, 11) is 4.68. The van der Waals surface area contributed by atoms with E-state index in [1.54, 1.807) is 39.5 Å². The minimum absolute atomic E-state index is 0.0940. The van der Waals surface area contributed by atoms with E-state index < -0.39 is 5.97 Å². The molecule has 0 amide bonds. The first-order chi connectivity index (χ1) is 17.4. The Hall–Kier alpha value is -3.56. The molecule has 36 heavy (non-hydrogen) atoms. The van der Waals surface area contributed by atoms with E-state index in [2.05, 4.69) is 4.90 Å². The summed E-state index contributed by atoms with van der Waals surface area (Å²) in [6.45, 7) is 6.84. The third-order valence-corrected chi connectivity index (χ3v) is 6.07. The van der Waals surface area contributed by atoms with Crippen molar-refractivity contribution >= 4 is 16.9 Å². The van der Waals surface area contributed by atoms with Gasteiger partial charge in [0, 0.05) is 36.7 Å². The van der Waals surface area contributed by atoms with E-state index in [9.17, 15) is 9.90 Å². The number of carboxylic acid groups (broad SMARTS) is 1. The first kappa shape index (κ1) is 25.5. The van der Waals surface area contributed by atoms with E-state index in [1.165, 1.54) is 0 Å². The fraction of sp³-hybridized carbons (Fsp3) is 0.407. The Morgan fingerprint density at radius 2 is 1.67 bits per heavy atom. The summed E-state index contributed by atoms with van der Waals surface area (Å²) in [6, 6.07) is 8.99. The standard InChI is InChI=1S/C27H32N2O7/c1-16(2)36-24-12-17(6-7-21(24)32-3)25-18-13-22(33-4)23(34-5)14-19(18)28-20(26(25)27(30)31)15-29-8-10-35-11-9-29/h6-7,12-14,16H,8-11,15H2,1-5H3,(H,30,31). The number of fused-ring (bicyclic) bond motifs is 1. The lowest BCUT2D eigenvalue weighted by Gasteiger charge is -2.27. The third kappa shape index (κ3) is 5.17. The Kier molecular flexibility index (Phi) is 7.81. The van der Waals surface area contributed by atoms with Crippen LogP contribution in [0.15, 0.2) is 30.3 Å². The molecule has 0 saturated carbocycles. The molecule has 1 aliphatic heterocycles. The average molecular weight is 497 g/mol. The fourth-order valence-corrected chi connectivity index (χ4v) is 4.44. The van der Waals surface area contributed by atoms with Crippen molar-refractivity contribution in [1.29, 1.82) is 0 Å². The van der Waals surface area contributed by atoms with Crippen LogP contribution in [-0.2, 0) is 11.3 Å². The lowest BCUT2D eigenvalue weighted by Crippen LogP contribution is -2.36. The molecule has 0 aliphatic carbocycles. The number of rotatable bonds is 9. The van der Waals surface area contributed by atoms with Crippen molar-refractivity contribution in [3.8, 4) is 34.1 Å². The summed E-state index contributed by atoms with van der Waals surface area (Å²) >= 11 is 0. The molecule has 1 aliphatic rings. The van der Waals surface area contributed by atoms with Gasteiger partial charge < -0.3 is 28.8 Å². The number of ether oxygens (including phenoxy) is 5. The molecule has 9 nitrogen and oxygen atoms in total. The monoisotopic (exact) mass is 496 g/mol. The lowest BCUT2D eigenvalue weighted by atomic mass is 9.93. The molecule has 3 aromatic rings. The first-order valence-electron chi connectivity index (χ1n) is 11.8. The quantitative estimate of drug-likeness (QED) is 0.466. The van der Waals surface area contributed by atoms with Crippen molar-refractivity contribution in [2.45, 2.75) is 26.5 Å². The van der Waals surface area contributed by atoms with Gasteiger partial charge in [0.25, 0.3) is 0 Å². The second kappa shape index (κ2) is 11.0. The van der Waals surface area contributed by atoms with Gasteiger partial charge in [0.05, 0.1) is 57.4 Å². The lowest BCUT2D eigenvalue weighted by molar-refractivity contribution is 0.0334. The Bertz CT molecular complexity index is 1250. The number of nitrogens with zero attached hydrogens (tertiary/aromatic N) is 2. The van der Waals surface area contributed by atoms with Crippen molar-refractivity contribution in [3.63, 3.8) is 0 Å². The average Bonchev–Trinajstić information content (AvgIpc) is 2.87. The number of benzene rings is 2. The number of hydrogen-bond donors (Lipinski definition) is 1. The summed E-state index contributed by atoms with van der Waals surface area (Å²) in [5, 5.41) is 11.1. The molecule has 0 atom stereocenters. The van der Waals surface area contributed by atoms with Gasteiger partial charge in [-0.3, -0.25) is 9.88 Å². The molecular weight excluding hydrogens is 464 g/mol. The van der Waals surface area contributed by atoms with Crippen molar-refractivity contribution in [2.24, 2.45) is 0 Å². The minimum atomic E-state index is -1.06.